The number of thioether (sulfide) groups is 1. The molecule has 3 aromatic rings. The second-order valence-electron chi connectivity index (χ2n) is 5.70. The van der Waals surface area contributed by atoms with E-state index in [1.54, 1.807) is 16.2 Å². The number of nitrogens with zero attached hydrogens (tertiary/aromatic N) is 2. The van der Waals surface area contributed by atoms with Crippen molar-refractivity contribution >= 4 is 51.6 Å². The highest BCUT2D eigenvalue weighted by molar-refractivity contribution is 8.26. The Morgan fingerprint density at radius 2 is 1.73 bits per heavy atom. The van der Waals surface area contributed by atoms with Crippen LogP contribution < -0.4 is 0 Å². The summed E-state index contributed by atoms with van der Waals surface area (Å²) >= 11 is 8.30. The maximum absolute atomic E-state index is 12.7. The second-order valence-corrected chi connectivity index (χ2v) is 8.23. The van der Waals surface area contributed by atoms with Gasteiger partial charge in [-0.1, -0.05) is 84.6 Å². The predicted molar refractivity (Wildman–Crippen MR) is 113 cm³/mol. The number of rotatable bonds is 4. The molecule has 0 unspecified atom stereocenters. The molecule has 1 amide bonds. The van der Waals surface area contributed by atoms with Crippen molar-refractivity contribution in [1.82, 2.24) is 9.88 Å². The lowest BCUT2D eigenvalue weighted by atomic mass is 10.2. The largest absolute Gasteiger partial charge is 0.288 e. The molecule has 1 aliphatic heterocycles. The quantitative estimate of drug-likeness (QED) is 0.449. The summed E-state index contributed by atoms with van der Waals surface area (Å²) in [4.78, 5) is 19.6. The number of thiocarbonyl (C=S) groups is 1. The van der Waals surface area contributed by atoms with Gasteiger partial charge in [0.05, 0.1) is 17.1 Å². The van der Waals surface area contributed by atoms with Gasteiger partial charge in [-0.05, 0) is 11.6 Å². The van der Waals surface area contributed by atoms with E-state index in [4.69, 9.17) is 12.2 Å². The Morgan fingerprint density at radius 1 is 1.04 bits per heavy atom. The molecule has 1 aliphatic rings. The molecule has 1 saturated heterocycles. The molecular formula is C20H14N2OS3. The molecule has 128 valence electrons. The lowest BCUT2D eigenvalue weighted by Crippen LogP contribution is -2.27. The first-order valence-electron chi connectivity index (χ1n) is 8.01. The van der Waals surface area contributed by atoms with E-state index in [1.165, 1.54) is 11.8 Å². The summed E-state index contributed by atoms with van der Waals surface area (Å²) in [5.74, 6) is -0.0573. The standard InChI is InChI=1S/C20H14N2OS3/c23-19-17(26-20(24)22(19)12-14-7-3-1-4-8-14)11-16-13-25-18(21-16)15-9-5-2-6-10-15/h1-11,13H,12H2/b17-11-. The van der Waals surface area contributed by atoms with E-state index < -0.39 is 0 Å². The molecule has 0 saturated carbocycles. The minimum absolute atomic E-state index is 0.0573. The number of thiazole rings is 1. The highest BCUT2D eigenvalue weighted by atomic mass is 32.2. The Labute approximate surface area is 165 Å². The van der Waals surface area contributed by atoms with E-state index >= 15 is 0 Å². The molecule has 0 atom stereocenters. The molecular weight excluding hydrogens is 380 g/mol. The van der Waals surface area contributed by atoms with Crippen LogP contribution >= 0.6 is 35.3 Å². The van der Waals surface area contributed by atoms with Crippen LogP contribution in [0.4, 0.5) is 0 Å². The summed E-state index contributed by atoms with van der Waals surface area (Å²) in [6.45, 7) is 0.495. The maximum atomic E-state index is 12.7. The molecule has 26 heavy (non-hydrogen) atoms. The van der Waals surface area contributed by atoms with Crippen LogP contribution in [0.15, 0.2) is 70.9 Å². The fourth-order valence-electron chi connectivity index (χ4n) is 2.60. The molecule has 0 radical (unpaired) electrons. The van der Waals surface area contributed by atoms with Gasteiger partial charge in [0.2, 0.25) is 0 Å². The third kappa shape index (κ3) is 3.62. The highest BCUT2D eigenvalue weighted by Gasteiger charge is 2.32. The maximum Gasteiger partial charge on any atom is 0.266 e. The predicted octanol–water partition coefficient (Wildman–Crippen LogP) is 5.21. The van der Waals surface area contributed by atoms with Crippen molar-refractivity contribution in [3.05, 3.63) is 82.2 Å². The molecule has 1 fully saturated rings. The van der Waals surface area contributed by atoms with Crippen LogP contribution in [0.2, 0.25) is 0 Å². The van der Waals surface area contributed by atoms with E-state index in [0.29, 0.717) is 15.8 Å². The van der Waals surface area contributed by atoms with Crippen molar-refractivity contribution < 1.29 is 4.79 Å². The van der Waals surface area contributed by atoms with Gasteiger partial charge in [-0.25, -0.2) is 4.98 Å². The molecule has 0 bridgehead atoms. The van der Waals surface area contributed by atoms with Crippen molar-refractivity contribution in [2.24, 2.45) is 0 Å². The van der Waals surface area contributed by atoms with Gasteiger partial charge in [-0.3, -0.25) is 9.69 Å². The Morgan fingerprint density at radius 3 is 2.46 bits per heavy atom. The molecule has 3 nitrogen and oxygen atoms in total. The smallest absolute Gasteiger partial charge is 0.266 e. The highest BCUT2D eigenvalue weighted by Crippen LogP contribution is 2.34. The van der Waals surface area contributed by atoms with Crippen LogP contribution in [-0.4, -0.2) is 20.1 Å². The van der Waals surface area contributed by atoms with E-state index in [0.717, 1.165) is 21.8 Å². The SMILES string of the molecule is O=C1/C(=C/c2csc(-c3ccccc3)n2)SC(=S)N1Cc1ccccc1. The Kier molecular flexibility index (Phi) is 4.97. The summed E-state index contributed by atoms with van der Waals surface area (Å²) in [7, 11) is 0. The number of carbonyl (C=O) groups is 1. The van der Waals surface area contributed by atoms with Gasteiger partial charge >= 0.3 is 0 Å². The molecule has 0 aliphatic carbocycles. The van der Waals surface area contributed by atoms with E-state index in [-0.39, 0.29) is 5.91 Å². The Hall–Kier alpha value is -2.28. The first kappa shape index (κ1) is 17.1. The van der Waals surface area contributed by atoms with Crippen molar-refractivity contribution in [1.29, 1.82) is 0 Å². The van der Waals surface area contributed by atoms with Crippen LogP contribution in [0.3, 0.4) is 0 Å². The third-order valence-corrected chi connectivity index (χ3v) is 6.17. The van der Waals surface area contributed by atoms with Crippen molar-refractivity contribution in [3.63, 3.8) is 0 Å². The molecule has 1 aromatic heterocycles. The van der Waals surface area contributed by atoms with E-state index in [2.05, 4.69) is 4.98 Å². The summed E-state index contributed by atoms with van der Waals surface area (Å²) in [5, 5.41) is 2.91. The van der Waals surface area contributed by atoms with Crippen LogP contribution in [0.25, 0.3) is 16.6 Å². The van der Waals surface area contributed by atoms with Gasteiger partial charge < -0.3 is 0 Å². The molecule has 2 heterocycles. The minimum atomic E-state index is -0.0573. The average Bonchev–Trinajstić information content (AvgIpc) is 3.24. The van der Waals surface area contributed by atoms with E-state index in [9.17, 15) is 4.79 Å². The Balaban J connectivity index is 1.54. The normalized spacial score (nSPS) is 15.8. The fourth-order valence-corrected chi connectivity index (χ4v) is 4.63. The minimum Gasteiger partial charge on any atom is -0.288 e. The molecule has 4 rings (SSSR count). The third-order valence-electron chi connectivity index (χ3n) is 3.88. The topological polar surface area (TPSA) is 33.2 Å². The van der Waals surface area contributed by atoms with Crippen molar-refractivity contribution in [3.8, 4) is 10.6 Å². The zero-order valence-corrected chi connectivity index (χ0v) is 16.1. The average molecular weight is 395 g/mol. The molecule has 2 aromatic carbocycles. The summed E-state index contributed by atoms with van der Waals surface area (Å²) in [6, 6.07) is 19.9. The number of hydrogen-bond donors (Lipinski definition) is 0. The molecule has 0 spiro atoms. The zero-order chi connectivity index (χ0) is 17.9. The van der Waals surface area contributed by atoms with Crippen LogP contribution in [0.1, 0.15) is 11.3 Å². The monoisotopic (exact) mass is 394 g/mol. The summed E-state index contributed by atoms with van der Waals surface area (Å²) in [6.07, 6.45) is 1.83. The Bertz CT molecular complexity index is 981. The number of carbonyl (C=O) groups excluding carboxylic acids is 1. The van der Waals surface area contributed by atoms with Crippen molar-refractivity contribution in [2.45, 2.75) is 6.54 Å². The van der Waals surface area contributed by atoms with Gasteiger partial charge in [0.1, 0.15) is 9.33 Å². The molecule has 0 N–H and O–H groups in total. The summed E-state index contributed by atoms with van der Waals surface area (Å²) < 4.78 is 0.587. The molecule has 6 heteroatoms. The fraction of sp³-hybridized carbons (Fsp3) is 0.0500. The van der Waals surface area contributed by atoms with Gasteiger partial charge in [0.15, 0.2) is 0 Å². The summed E-state index contributed by atoms with van der Waals surface area (Å²) in [5.41, 5.74) is 2.92. The first-order chi connectivity index (χ1) is 12.7. The number of aromatic nitrogens is 1. The van der Waals surface area contributed by atoms with Crippen LogP contribution in [0, 0.1) is 0 Å². The number of amides is 1. The van der Waals surface area contributed by atoms with Crippen LogP contribution in [0.5, 0.6) is 0 Å². The number of hydrogen-bond acceptors (Lipinski definition) is 5. The lowest BCUT2D eigenvalue weighted by molar-refractivity contribution is -0.122. The van der Waals surface area contributed by atoms with E-state index in [1.807, 2.05) is 72.1 Å². The second kappa shape index (κ2) is 7.53. The van der Waals surface area contributed by atoms with Crippen LogP contribution in [-0.2, 0) is 11.3 Å². The van der Waals surface area contributed by atoms with Gasteiger partial charge in [0.25, 0.3) is 5.91 Å². The van der Waals surface area contributed by atoms with Gasteiger partial charge in [-0.2, -0.15) is 0 Å². The van der Waals surface area contributed by atoms with Gasteiger partial charge in [0, 0.05) is 10.9 Å². The van der Waals surface area contributed by atoms with Crippen molar-refractivity contribution in [2.75, 3.05) is 0 Å². The van der Waals surface area contributed by atoms with Gasteiger partial charge in [-0.15, -0.1) is 11.3 Å². The lowest BCUT2D eigenvalue weighted by Gasteiger charge is -2.14. The zero-order valence-electron chi connectivity index (χ0n) is 13.7. The first-order valence-corrected chi connectivity index (χ1v) is 10.1. The number of benzene rings is 2.